The first-order valence-electron chi connectivity index (χ1n) is 10.3. The molecule has 4 aromatic rings. The number of aliphatic carboxylic acids is 1. The average Bonchev–Trinajstić information content (AvgIpc) is 3.46. The summed E-state index contributed by atoms with van der Waals surface area (Å²) < 4.78 is 50.8. The zero-order chi connectivity index (χ0) is 22.7. The maximum absolute atomic E-state index is 15.8. The van der Waals surface area contributed by atoms with Crippen molar-refractivity contribution in [3.05, 3.63) is 59.2 Å². The fraction of sp³-hybridized carbons (Fsp3) is 0.304. The Labute approximate surface area is 180 Å². The summed E-state index contributed by atoms with van der Waals surface area (Å²) in [5.41, 5.74) is 2.37. The molecular formula is C23H20F3N3O3. The van der Waals surface area contributed by atoms with Gasteiger partial charge in [0.05, 0.1) is 18.3 Å². The predicted octanol–water partition coefficient (Wildman–Crippen LogP) is 5.00. The third-order valence-corrected chi connectivity index (χ3v) is 6.07. The van der Waals surface area contributed by atoms with E-state index in [4.69, 9.17) is 4.74 Å². The number of hydrogen-bond donors (Lipinski definition) is 2. The largest absolute Gasteiger partial charge is 0.479 e. The van der Waals surface area contributed by atoms with Crippen molar-refractivity contribution in [1.29, 1.82) is 0 Å². The summed E-state index contributed by atoms with van der Waals surface area (Å²) in [6.07, 6.45) is 0.696. The van der Waals surface area contributed by atoms with Crippen LogP contribution in [0.4, 0.5) is 13.2 Å². The maximum Gasteiger partial charge on any atom is 0.332 e. The first kappa shape index (κ1) is 20.6. The molecule has 2 aromatic heterocycles. The van der Waals surface area contributed by atoms with Crippen LogP contribution < -0.4 is 0 Å². The van der Waals surface area contributed by atoms with Crippen LogP contribution in [0, 0.1) is 17.5 Å². The highest BCUT2D eigenvalue weighted by Gasteiger charge is 2.37. The van der Waals surface area contributed by atoms with Crippen molar-refractivity contribution in [2.45, 2.75) is 38.2 Å². The second kappa shape index (κ2) is 7.37. The lowest BCUT2D eigenvalue weighted by Crippen LogP contribution is -2.18. The van der Waals surface area contributed by atoms with Gasteiger partial charge in [0, 0.05) is 34.1 Å². The first-order valence-corrected chi connectivity index (χ1v) is 10.3. The molecule has 2 atom stereocenters. The van der Waals surface area contributed by atoms with E-state index in [0.717, 1.165) is 12.1 Å². The van der Waals surface area contributed by atoms with E-state index in [-0.39, 0.29) is 30.4 Å². The van der Waals surface area contributed by atoms with Gasteiger partial charge in [-0.3, -0.25) is 5.10 Å². The number of benzene rings is 2. The number of aromatic amines is 1. The Bertz CT molecular complexity index is 1380. The van der Waals surface area contributed by atoms with Crippen LogP contribution in [0.15, 0.2) is 30.5 Å². The topological polar surface area (TPSA) is 80.1 Å². The molecule has 2 N–H and O–H groups in total. The molecular weight excluding hydrogens is 423 g/mol. The van der Waals surface area contributed by atoms with Gasteiger partial charge in [0.25, 0.3) is 0 Å². The molecule has 1 aliphatic heterocycles. The minimum absolute atomic E-state index is 0.119. The summed E-state index contributed by atoms with van der Waals surface area (Å²) >= 11 is 0. The van der Waals surface area contributed by atoms with Gasteiger partial charge in [0.2, 0.25) is 0 Å². The summed E-state index contributed by atoms with van der Waals surface area (Å²) in [6, 6.07) is 5.30. The van der Waals surface area contributed by atoms with Gasteiger partial charge in [0.1, 0.15) is 5.52 Å². The lowest BCUT2D eigenvalue weighted by molar-refractivity contribution is -0.147. The number of hydrogen-bond acceptors (Lipinski definition) is 3. The van der Waals surface area contributed by atoms with Gasteiger partial charge in [-0.15, -0.1) is 0 Å². The molecule has 1 fully saturated rings. The van der Waals surface area contributed by atoms with E-state index in [9.17, 15) is 18.7 Å². The van der Waals surface area contributed by atoms with E-state index in [0.29, 0.717) is 33.2 Å². The molecule has 0 saturated carbocycles. The van der Waals surface area contributed by atoms with Crippen LogP contribution in [-0.2, 0) is 9.53 Å². The Morgan fingerprint density at radius 3 is 2.69 bits per heavy atom. The zero-order valence-electron chi connectivity index (χ0n) is 17.3. The van der Waals surface area contributed by atoms with Crippen molar-refractivity contribution in [3.8, 4) is 5.69 Å². The number of halogens is 3. The monoisotopic (exact) mass is 443 g/mol. The van der Waals surface area contributed by atoms with E-state index < -0.39 is 29.5 Å². The highest BCUT2D eigenvalue weighted by Crippen LogP contribution is 2.44. The number of H-pyrrole nitrogens is 1. The van der Waals surface area contributed by atoms with Crippen LogP contribution in [-0.4, -0.2) is 38.6 Å². The van der Waals surface area contributed by atoms with Crippen LogP contribution in [0.25, 0.3) is 27.5 Å². The molecule has 166 valence electrons. The Balaban J connectivity index is 1.88. The standard InChI is InChI=1S/C23H20F3N3O3/c1-10(2)22-18(12-6-17(23(30)31)32-9-12)19-16(5-11-8-27-28-21(11)20(19)26)29(22)13-3-4-14(24)15(25)7-13/h3-5,7-8,10,12,17H,6,9H2,1-2H3,(H,27,28)(H,30,31)/t12?,17-/m0/s1. The lowest BCUT2D eigenvalue weighted by atomic mass is 9.89. The van der Waals surface area contributed by atoms with Gasteiger partial charge in [-0.2, -0.15) is 5.10 Å². The minimum Gasteiger partial charge on any atom is -0.479 e. The molecule has 32 heavy (non-hydrogen) atoms. The number of nitrogens with one attached hydrogen (secondary N) is 1. The molecule has 0 radical (unpaired) electrons. The molecule has 1 unspecified atom stereocenters. The molecule has 0 amide bonds. The number of ether oxygens (including phenoxy) is 1. The molecule has 0 bridgehead atoms. The molecule has 5 rings (SSSR count). The van der Waals surface area contributed by atoms with Gasteiger partial charge in [-0.05, 0) is 36.1 Å². The van der Waals surface area contributed by atoms with Crippen LogP contribution >= 0.6 is 0 Å². The summed E-state index contributed by atoms with van der Waals surface area (Å²) in [5.74, 6) is -4.09. The fourth-order valence-electron chi connectivity index (χ4n) is 4.73. The van der Waals surface area contributed by atoms with Crippen molar-refractivity contribution in [2.75, 3.05) is 6.61 Å². The van der Waals surface area contributed by atoms with Crippen LogP contribution in [0.2, 0.25) is 0 Å². The maximum atomic E-state index is 15.8. The Kier molecular flexibility index (Phi) is 4.74. The molecule has 3 heterocycles. The summed E-state index contributed by atoms with van der Waals surface area (Å²) in [6.45, 7) is 3.96. The Morgan fingerprint density at radius 1 is 1.25 bits per heavy atom. The number of carboxylic acid groups (broad SMARTS) is 1. The predicted molar refractivity (Wildman–Crippen MR) is 112 cm³/mol. The summed E-state index contributed by atoms with van der Waals surface area (Å²) in [4.78, 5) is 11.5. The van der Waals surface area contributed by atoms with E-state index in [1.807, 2.05) is 13.8 Å². The molecule has 0 spiro atoms. The quantitative estimate of drug-likeness (QED) is 0.465. The second-order valence-electron chi connectivity index (χ2n) is 8.40. The number of rotatable bonds is 4. The second-order valence-corrected chi connectivity index (χ2v) is 8.40. The zero-order valence-corrected chi connectivity index (χ0v) is 17.3. The third kappa shape index (κ3) is 2.99. The number of carboxylic acids is 1. The van der Waals surface area contributed by atoms with Crippen LogP contribution in [0.3, 0.4) is 0 Å². The Morgan fingerprint density at radius 2 is 2.03 bits per heavy atom. The lowest BCUT2D eigenvalue weighted by Gasteiger charge is -2.18. The van der Waals surface area contributed by atoms with Crippen LogP contribution in [0.5, 0.6) is 0 Å². The van der Waals surface area contributed by atoms with E-state index in [1.54, 1.807) is 10.6 Å². The first-order chi connectivity index (χ1) is 15.3. The summed E-state index contributed by atoms with van der Waals surface area (Å²) in [7, 11) is 0. The van der Waals surface area contributed by atoms with Gasteiger partial charge < -0.3 is 14.4 Å². The van der Waals surface area contributed by atoms with Crippen molar-refractivity contribution >= 4 is 27.8 Å². The van der Waals surface area contributed by atoms with Crippen molar-refractivity contribution < 1.29 is 27.8 Å². The third-order valence-electron chi connectivity index (χ3n) is 6.07. The smallest absolute Gasteiger partial charge is 0.332 e. The van der Waals surface area contributed by atoms with Gasteiger partial charge in [-0.1, -0.05) is 13.8 Å². The SMILES string of the molecule is CC(C)c1c(C2CO[C@H](C(=O)O)C2)c2c(F)c3[nH]ncc3cc2n1-c1ccc(F)c(F)c1. The molecule has 0 aliphatic carbocycles. The number of fused-ring (bicyclic) bond motifs is 2. The van der Waals surface area contributed by atoms with Gasteiger partial charge in [-0.25, -0.2) is 18.0 Å². The van der Waals surface area contributed by atoms with Crippen molar-refractivity contribution in [2.24, 2.45) is 0 Å². The van der Waals surface area contributed by atoms with Crippen molar-refractivity contribution in [1.82, 2.24) is 14.8 Å². The molecule has 1 aliphatic rings. The highest BCUT2D eigenvalue weighted by molar-refractivity contribution is 6.00. The normalized spacial score (nSPS) is 18.9. The highest BCUT2D eigenvalue weighted by atomic mass is 19.2. The molecule has 1 saturated heterocycles. The fourth-order valence-corrected chi connectivity index (χ4v) is 4.73. The van der Waals surface area contributed by atoms with Gasteiger partial charge >= 0.3 is 5.97 Å². The van der Waals surface area contributed by atoms with E-state index >= 15 is 4.39 Å². The number of aromatic nitrogens is 3. The van der Waals surface area contributed by atoms with E-state index in [2.05, 4.69) is 10.2 Å². The van der Waals surface area contributed by atoms with Gasteiger partial charge in [0.15, 0.2) is 23.6 Å². The Hall–Kier alpha value is -3.33. The number of carbonyl (C=O) groups is 1. The van der Waals surface area contributed by atoms with Crippen LogP contribution in [0.1, 0.15) is 43.4 Å². The van der Waals surface area contributed by atoms with E-state index in [1.165, 1.54) is 12.3 Å². The molecule has 6 nitrogen and oxygen atoms in total. The minimum atomic E-state index is -1.07. The van der Waals surface area contributed by atoms with Crippen molar-refractivity contribution in [3.63, 3.8) is 0 Å². The molecule has 2 aromatic carbocycles. The average molecular weight is 443 g/mol. The summed E-state index contributed by atoms with van der Waals surface area (Å²) in [5, 5.41) is 16.8. The molecule has 9 heteroatoms. The number of nitrogens with zero attached hydrogens (tertiary/aromatic N) is 2.